The summed E-state index contributed by atoms with van der Waals surface area (Å²) in [6, 6.07) is 8.83. The third-order valence-electron chi connectivity index (χ3n) is 6.94. The van der Waals surface area contributed by atoms with E-state index in [9.17, 15) is 32.3 Å². The lowest BCUT2D eigenvalue weighted by molar-refractivity contribution is -0.109. The normalized spacial score (nSPS) is 13.0. The van der Waals surface area contributed by atoms with E-state index >= 15 is 0 Å². The van der Waals surface area contributed by atoms with Gasteiger partial charge in [0.25, 0.3) is 0 Å². The predicted molar refractivity (Wildman–Crippen MR) is 162 cm³/mol. The molecule has 0 atom stereocenters. The number of hydrogen-bond donors (Lipinski definition) is 1. The minimum absolute atomic E-state index is 0. The molecule has 1 N–H and O–H groups in total. The molecule has 1 aliphatic heterocycles. The largest absolute Gasteiger partial charge is 0.367 e. The molecule has 10 nitrogen and oxygen atoms in total. The molecule has 1 aromatic heterocycles. The molecule has 0 spiro atoms. The number of nitrogens with zero attached hydrogens (tertiary/aromatic N) is 5. The maximum Gasteiger partial charge on any atom is 0.367 e. The maximum absolute atomic E-state index is 14.2. The van der Waals surface area contributed by atoms with Crippen molar-refractivity contribution in [3.8, 4) is 11.3 Å². The van der Waals surface area contributed by atoms with Crippen molar-refractivity contribution in [3.05, 3.63) is 75.6 Å². The summed E-state index contributed by atoms with van der Waals surface area (Å²) in [5.41, 5.74) is 0.0416. The molecule has 2 amide bonds. The Hall–Kier alpha value is -3.94. The van der Waals surface area contributed by atoms with E-state index in [1.54, 1.807) is 0 Å². The summed E-state index contributed by atoms with van der Waals surface area (Å²) in [6.07, 6.45) is 1.43. The highest BCUT2D eigenvalue weighted by Crippen LogP contribution is 2.28. The number of anilines is 2. The van der Waals surface area contributed by atoms with Gasteiger partial charge in [-0.2, -0.15) is 9.66 Å². The van der Waals surface area contributed by atoms with Crippen LogP contribution < -0.4 is 20.9 Å². The number of hydrogen-bond acceptors (Lipinski definition) is 7. The first-order valence-corrected chi connectivity index (χ1v) is 12.9. The Balaban J connectivity index is 0.00000323. The summed E-state index contributed by atoms with van der Waals surface area (Å²) in [5, 5.41) is 3.70. The van der Waals surface area contributed by atoms with Crippen LogP contribution in [0, 0.1) is 24.4 Å². The van der Waals surface area contributed by atoms with E-state index < -0.39 is 28.9 Å². The lowest BCUT2D eigenvalue weighted by Crippen LogP contribution is -2.48. The molecule has 0 aliphatic carbocycles. The average Bonchev–Trinajstić information content (AvgIpc) is 2.94. The first-order valence-electron chi connectivity index (χ1n) is 12.9. The highest BCUT2D eigenvalue weighted by Gasteiger charge is 2.26. The van der Waals surface area contributed by atoms with Gasteiger partial charge in [0, 0.05) is 44.8 Å². The second-order valence-electron chi connectivity index (χ2n) is 9.56. The van der Waals surface area contributed by atoms with Crippen LogP contribution in [0.25, 0.3) is 11.3 Å². The monoisotopic (exact) mass is 642 g/mol. The highest BCUT2D eigenvalue weighted by molar-refractivity contribution is 6.01. The first kappa shape index (κ1) is 35.3. The summed E-state index contributed by atoms with van der Waals surface area (Å²) in [6.45, 7) is 5.98. The van der Waals surface area contributed by atoms with Gasteiger partial charge in [-0.3, -0.25) is 19.3 Å². The quantitative estimate of drug-likeness (QED) is 0.194. The van der Waals surface area contributed by atoms with E-state index in [4.69, 9.17) is 0 Å². The number of halogens is 5. The summed E-state index contributed by atoms with van der Waals surface area (Å²) in [4.78, 5) is 56.8. The molecule has 43 heavy (non-hydrogen) atoms. The molecule has 2 aromatic carbocycles. The topological polar surface area (TPSA) is 108 Å². The standard InChI is InChI=1S/C28H29F3N6O4.2ClH/c1-18-25(19(2)40)27(20-14-21(29)26(31)22(30)15-20)37(28(41)33-18)36(17-39)9-5-8-34-10-12-35(13-11-34)24-7-4-3-6-23(24)32-16-38;;/h3-4,6-7,14-17H,5,8-13H2,1-2H3,(H,32,38);2*1H. The summed E-state index contributed by atoms with van der Waals surface area (Å²) < 4.78 is 42.8. The maximum atomic E-state index is 14.2. The number of rotatable bonds is 11. The molecular formula is C28H31Cl2F3N6O4. The van der Waals surface area contributed by atoms with Gasteiger partial charge in [-0.05, 0) is 44.5 Å². The van der Waals surface area contributed by atoms with Gasteiger partial charge in [0.15, 0.2) is 23.2 Å². The molecule has 0 saturated carbocycles. The fourth-order valence-corrected chi connectivity index (χ4v) is 5.04. The fraction of sp³-hybridized carbons (Fsp3) is 0.321. The van der Waals surface area contributed by atoms with Crippen molar-refractivity contribution in [2.24, 2.45) is 0 Å². The number of Topliss-reactive ketones (excluding diaryl/α,β-unsaturated/α-hetero) is 1. The lowest BCUT2D eigenvalue weighted by atomic mass is 10.0. The minimum Gasteiger partial charge on any atom is -0.367 e. The minimum atomic E-state index is -1.70. The Kier molecular flexibility index (Phi) is 12.7. The van der Waals surface area contributed by atoms with Crippen LogP contribution in [0.2, 0.25) is 0 Å². The molecule has 0 bridgehead atoms. The van der Waals surface area contributed by atoms with E-state index in [0.717, 1.165) is 21.1 Å². The molecule has 1 saturated heterocycles. The van der Waals surface area contributed by atoms with Gasteiger partial charge in [0.1, 0.15) is 0 Å². The van der Waals surface area contributed by atoms with Crippen LogP contribution in [-0.2, 0) is 9.59 Å². The summed E-state index contributed by atoms with van der Waals surface area (Å²) in [5.74, 6) is -5.28. The molecule has 1 fully saturated rings. The number of amides is 2. The zero-order valence-corrected chi connectivity index (χ0v) is 25.0. The predicted octanol–water partition coefficient (Wildman–Crippen LogP) is 3.56. The summed E-state index contributed by atoms with van der Waals surface area (Å²) in [7, 11) is 0. The Bertz CT molecular complexity index is 1510. The van der Waals surface area contributed by atoms with Crippen molar-refractivity contribution in [3.63, 3.8) is 0 Å². The SMILES string of the molecule is CC(=O)c1c(C)nc(=O)n(N(C=O)CCCN2CCN(c3ccccc3NC=O)CC2)c1-c1cc(F)c(F)c(F)c1.Cl.Cl. The molecule has 2 heterocycles. The average molecular weight is 643 g/mol. The number of aryl methyl sites for hydroxylation is 1. The van der Waals surface area contributed by atoms with Gasteiger partial charge >= 0.3 is 5.69 Å². The second-order valence-corrected chi connectivity index (χ2v) is 9.56. The number of ketones is 1. The Morgan fingerprint density at radius 1 is 1.05 bits per heavy atom. The van der Waals surface area contributed by atoms with Crippen molar-refractivity contribution in [1.82, 2.24) is 14.6 Å². The van der Waals surface area contributed by atoms with E-state index in [-0.39, 0.29) is 53.9 Å². The molecule has 1 aliphatic rings. The lowest BCUT2D eigenvalue weighted by Gasteiger charge is -2.37. The van der Waals surface area contributed by atoms with Gasteiger partial charge < -0.3 is 10.2 Å². The van der Waals surface area contributed by atoms with Crippen molar-refractivity contribution in [2.75, 3.05) is 54.5 Å². The molecule has 3 aromatic rings. The highest BCUT2D eigenvalue weighted by atomic mass is 35.5. The van der Waals surface area contributed by atoms with Gasteiger partial charge in [0.2, 0.25) is 12.8 Å². The smallest absolute Gasteiger partial charge is 0.367 e. The van der Waals surface area contributed by atoms with Crippen molar-refractivity contribution >= 4 is 54.8 Å². The van der Waals surface area contributed by atoms with Crippen LogP contribution in [0.1, 0.15) is 29.4 Å². The van der Waals surface area contributed by atoms with E-state index in [1.807, 2.05) is 24.3 Å². The van der Waals surface area contributed by atoms with Crippen molar-refractivity contribution in [2.45, 2.75) is 20.3 Å². The zero-order valence-electron chi connectivity index (χ0n) is 23.4. The van der Waals surface area contributed by atoms with Gasteiger partial charge in [-0.1, -0.05) is 12.1 Å². The molecular weight excluding hydrogens is 612 g/mol. The number of aromatic nitrogens is 2. The van der Waals surface area contributed by atoms with E-state index in [1.165, 1.54) is 13.8 Å². The Morgan fingerprint density at radius 2 is 1.67 bits per heavy atom. The molecule has 0 radical (unpaired) electrons. The molecule has 15 heteroatoms. The molecule has 0 unspecified atom stereocenters. The van der Waals surface area contributed by atoms with Crippen LogP contribution >= 0.6 is 24.8 Å². The fourth-order valence-electron chi connectivity index (χ4n) is 5.04. The van der Waals surface area contributed by atoms with Crippen LogP contribution in [0.3, 0.4) is 0 Å². The van der Waals surface area contributed by atoms with Crippen LogP contribution in [0.15, 0.2) is 41.2 Å². The third-order valence-corrected chi connectivity index (χ3v) is 6.94. The van der Waals surface area contributed by atoms with Gasteiger partial charge in [-0.25, -0.2) is 23.0 Å². The number of carbonyl (C=O) groups is 3. The molecule has 232 valence electrons. The number of para-hydroxylation sites is 2. The first-order chi connectivity index (χ1) is 19.7. The number of carbonyl (C=O) groups excluding carboxylic acids is 3. The third kappa shape index (κ3) is 7.72. The van der Waals surface area contributed by atoms with Crippen LogP contribution in [0.5, 0.6) is 0 Å². The van der Waals surface area contributed by atoms with E-state index in [0.29, 0.717) is 64.1 Å². The van der Waals surface area contributed by atoms with Crippen LogP contribution in [0.4, 0.5) is 24.5 Å². The number of piperazine rings is 1. The van der Waals surface area contributed by atoms with Crippen LogP contribution in [-0.4, -0.2) is 72.4 Å². The summed E-state index contributed by atoms with van der Waals surface area (Å²) >= 11 is 0. The van der Waals surface area contributed by atoms with Crippen molar-refractivity contribution in [1.29, 1.82) is 0 Å². The van der Waals surface area contributed by atoms with Crippen molar-refractivity contribution < 1.29 is 27.6 Å². The zero-order chi connectivity index (χ0) is 29.7. The van der Waals surface area contributed by atoms with Gasteiger partial charge in [-0.15, -0.1) is 24.8 Å². The second kappa shape index (κ2) is 15.5. The molecule has 4 rings (SSSR count). The van der Waals surface area contributed by atoms with Gasteiger partial charge in [0.05, 0.1) is 28.3 Å². The Labute approximate surface area is 258 Å². The number of benzene rings is 2. The number of nitrogens with one attached hydrogen (secondary N) is 1. The van der Waals surface area contributed by atoms with E-state index in [2.05, 4.69) is 20.1 Å². The Morgan fingerprint density at radius 3 is 2.26 bits per heavy atom.